The van der Waals surface area contributed by atoms with Crippen LogP contribution in [0, 0.1) is 0 Å². The van der Waals surface area contributed by atoms with E-state index < -0.39 is 15.7 Å². The fraction of sp³-hybridized carbons (Fsp3) is 0.650. The van der Waals surface area contributed by atoms with E-state index in [0.29, 0.717) is 31.8 Å². The first-order valence-corrected chi connectivity index (χ1v) is 11.0. The van der Waals surface area contributed by atoms with Crippen LogP contribution in [-0.4, -0.2) is 53.0 Å². The van der Waals surface area contributed by atoms with Gasteiger partial charge in [0, 0.05) is 19.8 Å². The molecule has 1 rings (SSSR count). The molecule has 0 unspecified atom stereocenters. The Kier molecular flexibility index (Phi) is 11.3. The normalized spacial score (nSPS) is 12.1. The van der Waals surface area contributed by atoms with E-state index in [1.54, 1.807) is 24.3 Å². The molecular weight excluding hydrogens is 384 g/mol. The maximum atomic E-state index is 11.9. The molecule has 0 bridgehead atoms. The smallest absolute Gasteiger partial charge is 0.332 e. The Hall–Kier alpha value is -1.48. The molecular formula is C20H32O7S. The van der Waals surface area contributed by atoms with E-state index in [-0.39, 0.29) is 24.9 Å². The second-order valence-corrected chi connectivity index (χ2v) is 8.96. The lowest BCUT2D eigenvalue weighted by Crippen LogP contribution is -2.26. The average Bonchev–Trinajstić information content (AvgIpc) is 2.58. The highest BCUT2D eigenvalue weighted by Gasteiger charge is 2.16. The molecule has 160 valence electrons. The summed E-state index contributed by atoms with van der Waals surface area (Å²) in [5, 5.41) is 0. The maximum absolute atomic E-state index is 11.9. The number of ether oxygens (including phenoxy) is 3. The molecule has 0 atom stereocenters. The Morgan fingerprint density at radius 1 is 0.893 bits per heavy atom. The van der Waals surface area contributed by atoms with E-state index in [1.165, 1.54) is 0 Å². The zero-order valence-electron chi connectivity index (χ0n) is 17.0. The molecule has 0 aromatic heterocycles. The molecule has 0 aliphatic heterocycles. The minimum atomic E-state index is -3.57. The van der Waals surface area contributed by atoms with Gasteiger partial charge in [-0.2, -0.15) is 8.42 Å². The van der Waals surface area contributed by atoms with Crippen molar-refractivity contribution in [2.45, 2.75) is 51.4 Å². The molecule has 0 aliphatic rings. The van der Waals surface area contributed by atoms with Crippen LogP contribution in [0.5, 0.6) is 0 Å². The number of carbonyl (C=O) groups is 1. The zero-order valence-corrected chi connectivity index (χ0v) is 17.8. The third-order valence-electron chi connectivity index (χ3n) is 3.35. The molecule has 0 N–H and O–H groups in total. The highest BCUT2D eigenvalue weighted by atomic mass is 32.2. The minimum absolute atomic E-state index is 0.0487. The first-order valence-electron chi connectivity index (χ1n) is 9.46. The van der Waals surface area contributed by atoms with Crippen molar-refractivity contribution >= 4 is 16.1 Å². The topological polar surface area (TPSA) is 88.1 Å². The quantitative estimate of drug-likeness (QED) is 0.262. The van der Waals surface area contributed by atoms with Gasteiger partial charge in [-0.05, 0) is 45.6 Å². The van der Waals surface area contributed by atoms with Crippen LogP contribution in [0.2, 0.25) is 0 Å². The predicted octanol–water partition coefficient (Wildman–Crippen LogP) is 3.08. The number of hydrogen-bond donors (Lipinski definition) is 0. The van der Waals surface area contributed by atoms with Gasteiger partial charge in [-0.1, -0.05) is 30.3 Å². The summed E-state index contributed by atoms with van der Waals surface area (Å²) in [6, 6.07) is 8.92. The predicted molar refractivity (Wildman–Crippen MR) is 106 cm³/mol. The fourth-order valence-electron chi connectivity index (χ4n) is 2.20. The number of hydrogen-bond acceptors (Lipinski definition) is 7. The summed E-state index contributed by atoms with van der Waals surface area (Å²) in [6.45, 7) is 6.93. The SMILES string of the molecule is CC(C)(C)OC(=O)COCCCCOCCCOS(=O)(=O)Cc1ccccc1. The van der Waals surface area contributed by atoms with Crippen molar-refractivity contribution in [2.75, 3.05) is 33.0 Å². The number of unbranched alkanes of at least 4 members (excludes halogenated alkanes) is 1. The molecule has 0 saturated carbocycles. The Morgan fingerprint density at radius 2 is 1.50 bits per heavy atom. The maximum Gasteiger partial charge on any atom is 0.332 e. The number of carbonyl (C=O) groups excluding carboxylic acids is 1. The summed E-state index contributed by atoms with van der Waals surface area (Å²) in [7, 11) is -3.57. The van der Waals surface area contributed by atoms with Crippen molar-refractivity contribution in [2.24, 2.45) is 0 Å². The summed E-state index contributed by atoms with van der Waals surface area (Å²) in [4.78, 5) is 11.4. The highest BCUT2D eigenvalue weighted by molar-refractivity contribution is 7.85. The molecule has 0 radical (unpaired) electrons. The molecule has 0 aliphatic carbocycles. The second-order valence-electron chi connectivity index (χ2n) is 7.32. The Bertz CT molecular complexity index is 651. The van der Waals surface area contributed by atoms with Crippen LogP contribution in [0.1, 0.15) is 45.6 Å². The lowest BCUT2D eigenvalue weighted by Gasteiger charge is -2.19. The molecule has 7 nitrogen and oxygen atoms in total. The van der Waals surface area contributed by atoms with Crippen molar-refractivity contribution in [3.05, 3.63) is 35.9 Å². The standard InChI is InChI=1S/C20H32O7S/c1-20(2,3)27-19(21)16-25-13-8-7-12-24-14-9-15-26-28(22,23)17-18-10-5-4-6-11-18/h4-6,10-11H,7-9,12-17H2,1-3H3. The van der Waals surface area contributed by atoms with Gasteiger partial charge in [0.05, 0.1) is 6.61 Å². The first kappa shape index (κ1) is 24.6. The van der Waals surface area contributed by atoms with Crippen LogP contribution in [0.25, 0.3) is 0 Å². The largest absolute Gasteiger partial charge is 0.458 e. The van der Waals surface area contributed by atoms with Gasteiger partial charge in [-0.3, -0.25) is 4.18 Å². The summed E-state index contributed by atoms with van der Waals surface area (Å²) >= 11 is 0. The van der Waals surface area contributed by atoms with Crippen LogP contribution in [0.4, 0.5) is 0 Å². The molecule has 0 spiro atoms. The van der Waals surface area contributed by atoms with E-state index in [4.69, 9.17) is 18.4 Å². The fourth-order valence-corrected chi connectivity index (χ4v) is 3.26. The van der Waals surface area contributed by atoms with Crippen molar-refractivity contribution in [3.8, 4) is 0 Å². The van der Waals surface area contributed by atoms with Crippen molar-refractivity contribution < 1.29 is 31.6 Å². The molecule has 1 aromatic rings. The van der Waals surface area contributed by atoms with Crippen LogP contribution in [-0.2, 0) is 39.1 Å². The van der Waals surface area contributed by atoms with E-state index in [2.05, 4.69) is 0 Å². The first-order chi connectivity index (χ1) is 13.2. The van der Waals surface area contributed by atoms with Crippen molar-refractivity contribution in [1.82, 2.24) is 0 Å². The van der Waals surface area contributed by atoms with Gasteiger partial charge < -0.3 is 14.2 Å². The van der Waals surface area contributed by atoms with Gasteiger partial charge in [0.2, 0.25) is 0 Å². The third-order valence-corrected chi connectivity index (χ3v) is 4.56. The lowest BCUT2D eigenvalue weighted by atomic mass is 10.2. The summed E-state index contributed by atoms with van der Waals surface area (Å²) < 4.78 is 44.5. The average molecular weight is 417 g/mol. The molecule has 1 aromatic carbocycles. The van der Waals surface area contributed by atoms with Gasteiger partial charge >= 0.3 is 5.97 Å². The van der Waals surface area contributed by atoms with E-state index >= 15 is 0 Å². The van der Waals surface area contributed by atoms with Crippen LogP contribution in [0.15, 0.2) is 30.3 Å². The summed E-state index contributed by atoms with van der Waals surface area (Å²) in [6.07, 6.45) is 2.06. The van der Waals surface area contributed by atoms with E-state index in [0.717, 1.165) is 12.8 Å². The van der Waals surface area contributed by atoms with Gasteiger partial charge in [-0.15, -0.1) is 0 Å². The van der Waals surface area contributed by atoms with Gasteiger partial charge in [0.15, 0.2) is 0 Å². The number of benzene rings is 1. The van der Waals surface area contributed by atoms with E-state index in [1.807, 2.05) is 26.8 Å². The Morgan fingerprint density at radius 3 is 2.14 bits per heavy atom. The molecule has 28 heavy (non-hydrogen) atoms. The van der Waals surface area contributed by atoms with Crippen molar-refractivity contribution in [3.63, 3.8) is 0 Å². The van der Waals surface area contributed by atoms with E-state index in [9.17, 15) is 13.2 Å². The van der Waals surface area contributed by atoms with Crippen LogP contribution >= 0.6 is 0 Å². The molecule has 0 amide bonds. The molecule has 0 fully saturated rings. The van der Waals surface area contributed by atoms with Crippen molar-refractivity contribution in [1.29, 1.82) is 0 Å². The number of esters is 1. The Balaban J connectivity index is 1.94. The number of rotatable bonds is 14. The second kappa shape index (κ2) is 12.9. The van der Waals surface area contributed by atoms with Gasteiger partial charge in [0.25, 0.3) is 10.1 Å². The minimum Gasteiger partial charge on any atom is -0.458 e. The molecule has 0 heterocycles. The summed E-state index contributed by atoms with van der Waals surface area (Å²) in [5.41, 5.74) is 0.200. The molecule has 8 heteroatoms. The Labute approximate surface area is 168 Å². The van der Waals surface area contributed by atoms with Gasteiger partial charge in [-0.25, -0.2) is 4.79 Å². The lowest BCUT2D eigenvalue weighted by molar-refractivity contribution is -0.160. The van der Waals surface area contributed by atoms with Crippen LogP contribution < -0.4 is 0 Å². The highest BCUT2D eigenvalue weighted by Crippen LogP contribution is 2.08. The third kappa shape index (κ3) is 13.7. The molecule has 0 saturated heterocycles. The monoisotopic (exact) mass is 416 g/mol. The zero-order chi connectivity index (χ0) is 20.9. The van der Waals surface area contributed by atoms with Gasteiger partial charge in [0.1, 0.15) is 18.0 Å². The van der Waals surface area contributed by atoms with Crippen LogP contribution in [0.3, 0.4) is 0 Å². The summed E-state index contributed by atoms with van der Waals surface area (Å²) in [5.74, 6) is -0.496.